The van der Waals surface area contributed by atoms with Gasteiger partial charge in [-0.25, -0.2) is 0 Å². The quantitative estimate of drug-likeness (QED) is 0.270. The van der Waals surface area contributed by atoms with Crippen molar-refractivity contribution in [3.8, 4) is 11.8 Å². The van der Waals surface area contributed by atoms with Crippen molar-refractivity contribution in [2.24, 2.45) is 0 Å². The third-order valence-electron chi connectivity index (χ3n) is 4.26. The number of rotatable bonds is 5. The van der Waals surface area contributed by atoms with E-state index in [0.29, 0.717) is 11.4 Å². The molecule has 0 spiro atoms. The van der Waals surface area contributed by atoms with Gasteiger partial charge in [-0.2, -0.15) is 18.4 Å². The topological polar surface area (TPSA) is 101 Å². The molecule has 7 nitrogen and oxygen atoms in total. The van der Waals surface area contributed by atoms with Crippen LogP contribution in [0.4, 0.5) is 24.5 Å². The number of nitro groups is 1. The molecule has 0 atom stereocenters. The van der Waals surface area contributed by atoms with E-state index in [1.807, 2.05) is 0 Å². The molecule has 0 saturated carbocycles. The van der Waals surface area contributed by atoms with Gasteiger partial charge in [-0.1, -0.05) is 12.1 Å². The number of para-hydroxylation sites is 1. The summed E-state index contributed by atoms with van der Waals surface area (Å²) in [5, 5.41) is 22.3. The number of nitriles is 1. The molecule has 2 aromatic carbocycles. The summed E-state index contributed by atoms with van der Waals surface area (Å²) < 4.78 is 41.0. The molecule has 3 aromatic rings. The van der Waals surface area contributed by atoms with Crippen molar-refractivity contribution in [1.29, 1.82) is 5.26 Å². The van der Waals surface area contributed by atoms with Crippen LogP contribution in [0, 0.1) is 21.4 Å². The van der Waals surface area contributed by atoms with Gasteiger partial charge in [-0.3, -0.25) is 14.9 Å². The molecule has 1 N–H and O–H groups in total. The van der Waals surface area contributed by atoms with E-state index in [2.05, 4.69) is 5.32 Å². The number of hydrogen-bond acceptors (Lipinski definition) is 4. The number of halogens is 3. The maximum atomic E-state index is 13.1. The monoisotopic (exact) mass is 426 g/mol. The summed E-state index contributed by atoms with van der Waals surface area (Å²) in [7, 11) is 0. The van der Waals surface area contributed by atoms with Crippen LogP contribution in [0.1, 0.15) is 11.3 Å². The first kappa shape index (κ1) is 21.3. The number of carbonyl (C=O) groups is 1. The molecule has 3 rings (SSSR count). The Balaban J connectivity index is 1.90. The molecular formula is C21H13F3N4O3. The van der Waals surface area contributed by atoms with Crippen LogP contribution in [0.15, 0.2) is 72.4 Å². The minimum Gasteiger partial charge on any atom is -0.321 e. The van der Waals surface area contributed by atoms with Crippen molar-refractivity contribution in [3.05, 3.63) is 93.8 Å². The Morgan fingerprint density at radius 3 is 2.39 bits per heavy atom. The fourth-order valence-corrected chi connectivity index (χ4v) is 2.81. The molecule has 0 aliphatic rings. The Kier molecular flexibility index (Phi) is 5.88. The summed E-state index contributed by atoms with van der Waals surface area (Å²) >= 11 is 0. The number of non-ortho nitro benzene ring substituents is 1. The van der Waals surface area contributed by atoms with E-state index in [0.717, 1.165) is 12.1 Å². The van der Waals surface area contributed by atoms with E-state index in [1.165, 1.54) is 42.5 Å². The number of carbonyl (C=O) groups excluding carboxylic acids is 1. The van der Waals surface area contributed by atoms with Crippen molar-refractivity contribution in [3.63, 3.8) is 0 Å². The third kappa shape index (κ3) is 4.79. The van der Waals surface area contributed by atoms with Crippen molar-refractivity contribution in [1.82, 2.24) is 4.57 Å². The summed E-state index contributed by atoms with van der Waals surface area (Å²) in [4.78, 5) is 22.7. The predicted molar refractivity (Wildman–Crippen MR) is 106 cm³/mol. The number of nitrogens with one attached hydrogen (secondary N) is 1. The standard InChI is InChI=1S/C21H13F3N4O3/c22-21(23,24)18-5-1-2-6-19(18)26-20(29)14(13-25)12-17-4-3-11-27(17)15-7-9-16(10-8-15)28(30)31/h1-12H,(H,26,29)/b14-12+. The molecule has 0 radical (unpaired) electrons. The molecule has 0 bridgehead atoms. The van der Waals surface area contributed by atoms with E-state index < -0.39 is 33.8 Å². The summed E-state index contributed by atoms with van der Waals surface area (Å²) in [6.45, 7) is 0. The van der Waals surface area contributed by atoms with Crippen LogP contribution in [-0.2, 0) is 11.0 Å². The largest absolute Gasteiger partial charge is 0.418 e. The van der Waals surface area contributed by atoms with Gasteiger partial charge >= 0.3 is 6.18 Å². The maximum Gasteiger partial charge on any atom is 0.418 e. The first-order valence-corrected chi connectivity index (χ1v) is 8.72. The normalized spacial score (nSPS) is 11.6. The summed E-state index contributed by atoms with van der Waals surface area (Å²) in [5.41, 5.74) is -1.11. The van der Waals surface area contributed by atoms with Crippen molar-refractivity contribution >= 4 is 23.4 Å². The van der Waals surface area contributed by atoms with Gasteiger partial charge in [-0.15, -0.1) is 0 Å². The second-order valence-corrected chi connectivity index (χ2v) is 6.24. The molecule has 0 aliphatic heterocycles. The smallest absolute Gasteiger partial charge is 0.321 e. The highest BCUT2D eigenvalue weighted by molar-refractivity contribution is 6.09. The van der Waals surface area contributed by atoms with Gasteiger partial charge in [0.1, 0.15) is 11.6 Å². The number of hydrogen-bond donors (Lipinski definition) is 1. The molecule has 156 valence electrons. The third-order valence-corrected chi connectivity index (χ3v) is 4.26. The van der Waals surface area contributed by atoms with Gasteiger partial charge in [0.15, 0.2) is 0 Å². The molecule has 0 fully saturated rings. The lowest BCUT2D eigenvalue weighted by molar-refractivity contribution is -0.384. The molecule has 1 heterocycles. The second-order valence-electron chi connectivity index (χ2n) is 6.24. The van der Waals surface area contributed by atoms with Gasteiger partial charge in [0.05, 0.1) is 16.2 Å². The molecule has 0 unspecified atom stereocenters. The van der Waals surface area contributed by atoms with Crippen molar-refractivity contribution in [2.75, 3.05) is 5.32 Å². The highest BCUT2D eigenvalue weighted by Gasteiger charge is 2.33. The molecule has 0 saturated heterocycles. The van der Waals surface area contributed by atoms with E-state index in [1.54, 1.807) is 29.0 Å². The van der Waals surface area contributed by atoms with Crippen molar-refractivity contribution in [2.45, 2.75) is 6.18 Å². The van der Waals surface area contributed by atoms with Crippen LogP contribution >= 0.6 is 0 Å². The Morgan fingerprint density at radius 1 is 1.10 bits per heavy atom. The van der Waals surface area contributed by atoms with Crippen molar-refractivity contribution < 1.29 is 22.9 Å². The van der Waals surface area contributed by atoms with Crippen LogP contribution in [0.2, 0.25) is 0 Å². The van der Waals surface area contributed by atoms with Crippen LogP contribution in [-0.4, -0.2) is 15.4 Å². The molecule has 31 heavy (non-hydrogen) atoms. The van der Waals surface area contributed by atoms with Gasteiger partial charge in [0.25, 0.3) is 11.6 Å². The van der Waals surface area contributed by atoms with Crippen LogP contribution in [0.5, 0.6) is 0 Å². The lowest BCUT2D eigenvalue weighted by atomic mass is 10.1. The Morgan fingerprint density at radius 2 is 1.77 bits per heavy atom. The zero-order valence-electron chi connectivity index (χ0n) is 15.6. The van der Waals surface area contributed by atoms with E-state index in [4.69, 9.17) is 0 Å². The maximum absolute atomic E-state index is 13.1. The fraction of sp³-hybridized carbons (Fsp3) is 0.0476. The van der Waals surface area contributed by atoms with Gasteiger partial charge in [0.2, 0.25) is 0 Å². The Hall–Kier alpha value is -4.39. The molecule has 1 amide bonds. The average molecular weight is 426 g/mol. The molecule has 1 aromatic heterocycles. The van der Waals surface area contributed by atoms with Gasteiger partial charge in [-0.05, 0) is 42.5 Å². The number of aromatic nitrogens is 1. The summed E-state index contributed by atoms with van der Waals surface area (Å²) in [5.74, 6) is -1.00. The highest BCUT2D eigenvalue weighted by atomic mass is 19.4. The Bertz CT molecular complexity index is 1210. The number of benzene rings is 2. The number of nitrogens with zero attached hydrogens (tertiary/aromatic N) is 3. The number of anilines is 1. The zero-order chi connectivity index (χ0) is 22.6. The summed E-state index contributed by atoms with van der Waals surface area (Å²) in [6, 6.07) is 14.9. The molecule has 0 aliphatic carbocycles. The minimum atomic E-state index is -4.68. The number of alkyl halides is 3. The van der Waals surface area contributed by atoms with E-state index >= 15 is 0 Å². The van der Waals surface area contributed by atoms with E-state index in [9.17, 15) is 33.3 Å². The van der Waals surface area contributed by atoms with Crippen LogP contribution < -0.4 is 5.32 Å². The SMILES string of the molecule is N#C/C(=C\c1cccn1-c1ccc([N+](=O)[O-])cc1)C(=O)Nc1ccccc1C(F)(F)F. The Labute approximate surface area is 173 Å². The highest BCUT2D eigenvalue weighted by Crippen LogP contribution is 2.34. The minimum absolute atomic E-state index is 0.103. The van der Waals surface area contributed by atoms with Crippen LogP contribution in [0.3, 0.4) is 0 Å². The van der Waals surface area contributed by atoms with E-state index in [-0.39, 0.29) is 5.69 Å². The zero-order valence-corrected chi connectivity index (χ0v) is 15.6. The summed E-state index contributed by atoms with van der Waals surface area (Å²) in [6.07, 6.45) is -1.85. The van der Waals surface area contributed by atoms with Gasteiger partial charge in [0, 0.05) is 29.7 Å². The average Bonchev–Trinajstić information content (AvgIpc) is 3.19. The molecule has 10 heteroatoms. The lowest BCUT2D eigenvalue weighted by Gasteiger charge is -2.13. The van der Waals surface area contributed by atoms with Crippen LogP contribution in [0.25, 0.3) is 11.8 Å². The predicted octanol–water partition coefficient (Wildman–Crippen LogP) is 4.95. The fourth-order valence-electron chi connectivity index (χ4n) is 2.81. The number of amides is 1. The first-order valence-electron chi connectivity index (χ1n) is 8.72. The first-order chi connectivity index (χ1) is 14.7. The number of nitro benzene ring substituents is 1. The van der Waals surface area contributed by atoms with Gasteiger partial charge < -0.3 is 9.88 Å². The second kappa shape index (κ2) is 8.54. The molecular weight excluding hydrogens is 413 g/mol. The lowest BCUT2D eigenvalue weighted by Crippen LogP contribution is -2.17.